The van der Waals surface area contributed by atoms with Crippen LogP contribution >= 0.6 is 0 Å². The summed E-state index contributed by atoms with van der Waals surface area (Å²) < 4.78 is 0. The van der Waals surface area contributed by atoms with E-state index in [1.165, 1.54) is 12.1 Å². The van der Waals surface area contributed by atoms with Gasteiger partial charge >= 0.3 is 0 Å². The lowest BCUT2D eigenvalue weighted by molar-refractivity contribution is -0.384. The Bertz CT molecular complexity index is 755. The number of para-hydroxylation sites is 2. The molecular formula is C15H11N3O2. The largest absolute Gasteiger partial charge is 0.338 e. The number of nitrogens with zero attached hydrogens (tertiary/aromatic N) is 2. The van der Waals surface area contributed by atoms with Crippen molar-refractivity contribution in [2.45, 2.75) is 0 Å². The molecule has 3 aromatic rings. The van der Waals surface area contributed by atoms with Crippen LogP contribution in [0.1, 0.15) is 11.4 Å². The van der Waals surface area contributed by atoms with Crippen LogP contribution in [0.2, 0.25) is 0 Å². The molecule has 0 saturated carbocycles. The lowest BCUT2D eigenvalue weighted by Gasteiger charge is -1.93. The fourth-order valence-corrected chi connectivity index (χ4v) is 1.93. The van der Waals surface area contributed by atoms with Crippen LogP contribution in [-0.2, 0) is 0 Å². The summed E-state index contributed by atoms with van der Waals surface area (Å²) >= 11 is 0. The topological polar surface area (TPSA) is 71.8 Å². The van der Waals surface area contributed by atoms with Gasteiger partial charge in [-0.15, -0.1) is 0 Å². The summed E-state index contributed by atoms with van der Waals surface area (Å²) in [4.78, 5) is 17.8. The molecule has 0 unspecified atom stereocenters. The fraction of sp³-hybridized carbons (Fsp3) is 0. The molecule has 98 valence electrons. The molecule has 0 spiro atoms. The number of nitro groups is 1. The van der Waals surface area contributed by atoms with Crippen molar-refractivity contribution in [3.05, 3.63) is 70.0 Å². The van der Waals surface area contributed by atoms with Crippen LogP contribution in [0.15, 0.2) is 48.5 Å². The summed E-state index contributed by atoms with van der Waals surface area (Å²) in [5.74, 6) is 0.754. The summed E-state index contributed by atoms with van der Waals surface area (Å²) in [7, 11) is 0. The van der Waals surface area contributed by atoms with Gasteiger partial charge in [-0.3, -0.25) is 10.1 Å². The van der Waals surface area contributed by atoms with Crippen molar-refractivity contribution in [2.75, 3.05) is 0 Å². The zero-order valence-electron chi connectivity index (χ0n) is 10.5. The number of rotatable bonds is 3. The Morgan fingerprint density at radius 2 is 1.80 bits per heavy atom. The van der Waals surface area contributed by atoms with Gasteiger partial charge in [-0.25, -0.2) is 4.98 Å². The number of nitrogens with one attached hydrogen (secondary N) is 1. The first kappa shape index (κ1) is 12.1. The molecule has 0 aliphatic rings. The van der Waals surface area contributed by atoms with Gasteiger partial charge in [0.05, 0.1) is 16.0 Å². The zero-order chi connectivity index (χ0) is 13.9. The highest BCUT2D eigenvalue weighted by Crippen LogP contribution is 2.15. The minimum Gasteiger partial charge on any atom is -0.338 e. The van der Waals surface area contributed by atoms with Crippen molar-refractivity contribution >= 4 is 28.9 Å². The van der Waals surface area contributed by atoms with E-state index >= 15 is 0 Å². The van der Waals surface area contributed by atoms with Gasteiger partial charge in [0.2, 0.25) is 0 Å². The second-order valence-electron chi connectivity index (χ2n) is 4.32. The molecule has 0 aliphatic heterocycles. The maximum atomic E-state index is 10.6. The van der Waals surface area contributed by atoms with Gasteiger partial charge in [-0.05, 0) is 35.9 Å². The van der Waals surface area contributed by atoms with Gasteiger partial charge in [0.15, 0.2) is 0 Å². The molecule has 0 saturated heterocycles. The average Bonchev–Trinajstić information content (AvgIpc) is 2.88. The predicted molar refractivity (Wildman–Crippen MR) is 78.1 cm³/mol. The standard InChI is InChI=1S/C15H11N3O2/c19-18(20)12-8-5-11(6-9-12)7-10-15-16-13-3-1-2-4-14(13)17-15/h1-10H,(H,16,17)/b10-7-. The number of imidazole rings is 1. The Balaban J connectivity index is 1.84. The van der Waals surface area contributed by atoms with Crippen LogP contribution in [0.5, 0.6) is 0 Å². The molecule has 0 bridgehead atoms. The van der Waals surface area contributed by atoms with E-state index < -0.39 is 4.92 Å². The molecule has 3 rings (SSSR count). The quantitative estimate of drug-likeness (QED) is 0.580. The third kappa shape index (κ3) is 2.42. The van der Waals surface area contributed by atoms with Crippen molar-refractivity contribution in [1.82, 2.24) is 9.97 Å². The van der Waals surface area contributed by atoms with Gasteiger partial charge in [0.25, 0.3) is 5.69 Å². The van der Waals surface area contributed by atoms with Crippen LogP contribution in [-0.4, -0.2) is 14.9 Å². The van der Waals surface area contributed by atoms with Crippen LogP contribution in [0.3, 0.4) is 0 Å². The van der Waals surface area contributed by atoms with Gasteiger partial charge in [0, 0.05) is 12.1 Å². The van der Waals surface area contributed by atoms with Crippen molar-refractivity contribution in [1.29, 1.82) is 0 Å². The molecule has 0 fully saturated rings. The third-order valence-corrected chi connectivity index (χ3v) is 2.95. The molecule has 1 N–H and O–H groups in total. The highest BCUT2D eigenvalue weighted by Gasteiger charge is 2.02. The Labute approximate surface area is 114 Å². The Kier molecular flexibility index (Phi) is 3.01. The molecule has 5 nitrogen and oxygen atoms in total. The minimum atomic E-state index is -0.410. The monoisotopic (exact) mass is 265 g/mol. The lowest BCUT2D eigenvalue weighted by atomic mass is 10.2. The Morgan fingerprint density at radius 1 is 1.05 bits per heavy atom. The number of hydrogen-bond donors (Lipinski definition) is 1. The van der Waals surface area contributed by atoms with E-state index in [9.17, 15) is 10.1 Å². The third-order valence-electron chi connectivity index (χ3n) is 2.95. The molecule has 20 heavy (non-hydrogen) atoms. The number of aromatic nitrogens is 2. The number of non-ortho nitro benzene ring substituents is 1. The molecule has 1 aromatic heterocycles. The lowest BCUT2D eigenvalue weighted by Crippen LogP contribution is -1.86. The fourth-order valence-electron chi connectivity index (χ4n) is 1.93. The van der Waals surface area contributed by atoms with E-state index in [1.807, 2.05) is 36.4 Å². The number of aromatic amines is 1. The van der Waals surface area contributed by atoms with Gasteiger partial charge < -0.3 is 4.98 Å². The van der Waals surface area contributed by atoms with Crippen molar-refractivity contribution in [3.8, 4) is 0 Å². The number of benzene rings is 2. The van der Waals surface area contributed by atoms with E-state index in [1.54, 1.807) is 12.1 Å². The molecule has 0 atom stereocenters. The van der Waals surface area contributed by atoms with Crippen LogP contribution in [0, 0.1) is 10.1 Å². The summed E-state index contributed by atoms with van der Waals surface area (Å²) in [5, 5.41) is 10.6. The number of fused-ring (bicyclic) bond motifs is 1. The first-order chi connectivity index (χ1) is 9.72. The molecule has 5 heteroatoms. The summed E-state index contributed by atoms with van der Waals surface area (Å²) in [6.45, 7) is 0. The van der Waals surface area contributed by atoms with Crippen LogP contribution in [0.25, 0.3) is 23.2 Å². The molecule has 0 amide bonds. The maximum Gasteiger partial charge on any atom is 0.269 e. The van der Waals surface area contributed by atoms with E-state index in [2.05, 4.69) is 9.97 Å². The highest BCUT2D eigenvalue weighted by molar-refractivity contribution is 5.78. The number of H-pyrrole nitrogens is 1. The minimum absolute atomic E-state index is 0.0888. The first-order valence-corrected chi connectivity index (χ1v) is 6.10. The van der Waals surface area contributed by atoms with Crippen LogP contribution < -0.4 is 0 Å². The number of nitro benzene ring substituents is 1. The van der Waals surface area contributed by atoms with E-state index in [0.29, 0.717) is 0 Å². The molecule has 0 radical (unpaired) electrons. The van der Waals surface area contributed by atoms with Crippen molar-refractivity contribution < 1.29 is 4.92 Å². The van der Waals surface area contributed by atoms with Gasteiger partial charge in [-0.2, -0.15) is 0 Å². The first-order valence-electron chi connectivity index (χ1n) is 6.10. The van der Waals surface area contributed by atoms with Gasteiger partial charge in [0.1, 0.15) is 5.82 Å². The van der Waals surface area contributed by atoms with Gasteiger partial charge in [-0.1, -0.05) is 18.2 Å². The predicted octanol–water partition coefficient (Wildman–Crippen LogP) is 3.64. The van der Waals surface area contributed by atoms with Crippen molar-refractivity contribution in [2.24, 2.45) is 0 Å². The van der Waals surface area contributed by atoms with E-state index in [-0.39, 0.29) is 5.69 Å². The smallest absolute Gasteiger partial charge is 0.269 e. The summed E-state index contributed by atoms with van der Waals surface area (Å²) in [5.41, 5.74) is 2.87. The maximum absolute atomic E-state index is 10.6. The second kappa shape index (κ2) is 4.97. The van der Waals surface area contributed by atoms with E-state index in [0.717, 1.165) is 22.4 Å². The Morgan fingerprint density at radius 3 is 2.50 bits per heavy atom. The van der Waals surface area contributed by atoms with Crippen molar-refractivity contribution in [3.63, 3.8) is 0 Å². The Hall–Kier alpha value is -2.95. The number of hydrogen-bond acceptors (Lipinski definition) is 3. The summed E-state index contributed by atoms with van der Waals surface area (Å²) in [6, 6.07) is 14.2. The molecule has 2 aromatic carbocycles. The second-order valence-corrected chi connectivity index (χ2v) is 4.32. The van der Waals surface area contributed by atoms with E-state index in [4.69, 9.17) is 0 Å². The summed E-state index contributed by atoms with van der Waals surface area (Å²) in [6.07, 6.45) is 3.71. The SMILES string of the molecule is O=[N+]([O-])c1ccc(/C=C\c2nc3ccccc3[nH]2)cc1. The molecule has 1 heterocycles. The normalized spacial score (nSPS) is 11.2. The molecule has 0 aliphatic carbocycles. The highest BCUT2D eigenvalue weighted by atomic mass is 16.6. The van der Waals surface area contributed by atoms with Crippen LogP contribution in [0.4, 0.5) is 5.69 Å². The average molecular weight is 265 g/mol. The molecular weight excluding hydrogens is 254 g/mol. The zero-order valence-corrected chi connectivity index (χ0v) is 10.5.